The number of hydrogen-bond donors (Lipinski definition) is 1. The van der Waals surface area contributed by atoms with Crippen molar-refractivity contribution in [3.63, 3.8) is 0 Å². The van der Waals surface area contributed by atoms with Gasteiger partial charge in [0.15, 0.2) is 0 Å². The molecule has 0 bridgehead atoms. The van der Waals surface area contributed by atoms with Gasteiger partial charge in [-0.2, -0.15) is 0 Å². The van der Waals surface area contributed by atoms with E-state index in [0.717, 1.165) is 26.7 Å². The molecule has 0 saturated heterocycles. The van der Waals surface area contributed by atoms with Crippen molar-refractivity contribution in [2.24, 2.45) is 5.73 Å². The van der Waals surface area contributed by atoms with Crippen LogP contribution in [0.1, 0.15) is 4.88 Å². The molecule has 20 heavy (non-hydrogen) atoms. The monoisotopic (exact) mass is 300 g/mol. The van der Waals surface area contributed by atoms with Crippen LogP contribution in [0.25, 0.3) is 21.8 Å². The first kappa shape index (κ1) is 13.3. The predicted octanol–water partition coefficient (Wildman–Crippen LogP) is 4.59. The maximum absolute atomic E-state index is 6.04. The first-order valence-electron chi connectivity index (χ1n) is 6.29. The lowest BCUT2D eigenvalue weighted by Gasteiger charge is -1.99. The third kappa shape index (κ3) is 2.61. The fourth-order valence-electron chi connectivity index (χ4n) is 2.06. The average molecular weight is 301 g/mol. The lowest BCUT2D eigenvalue weighted by molar-refractivity contribution is 1.10. The zero-order valence-corrected chi connectivity index (χ0v) is 12.3. The molecule has 0 atom stereocenters. The molecule has 0 radical (unpaired) electrons. The molecule has 0 aliphatic carbocycles. The molecule has 0 aliphatic heterocycles. The Morgan fingerprint density at radius 1 is 1.00 bits per heavy atom. The van der Waals surface area contributed by atoms with Crippen LogP contribution in [0.3, 0.4) is 0 Å². The van der Waals surface area contributed by atoms with Gasteiger partial charge in [-0.3, -0.25) is 0 Å². The molecule has 0 spiro atoms. The molecule has 1 heterocycles. The van der Waals surface area contributed by atoms with Crippen LogP contribution in [0.4, 0.5) is 0 Å². The fraction of sp³-hybridized carbons (Fsp3) is 0.0625. The summed E-state index contributed by atoms with van der Waals surface area (Å²) in [6, 6.07) is 17.9. The van der Waals surface area contributed by atoms with Crippen LogP contribution in [-0.2, 0) is 6.54 Å². The highest BCUT2D eigenvalue weighted by molar-refractivity contribution is 7.15. The zero-order valence-electron chi connectivity index (χ0n) is 10.7. The molecule has 0 amide bonds. The standard InChI is InChI=1S/C16H13ClN2S/c17-13-8-4-7-12(9-13)16-19-15(14(10-18)20-16)11-5-2-1-3-6-11/h1-9H,10,18H2. The summed E-state index contributed by atoms with van der Waals surface area (Å²) in [6.45, 7) is 0.489. The number of halogens is 1. The van der Waals surface area contributed by atoms with E-state index in [0.29, 0.717) is 11.6 Å². The van der Waals surface area contributed by atoms with E-state index in [1.54, 1.807) is 11.3 Å². The number of rotatable bonds is 3. The Kier molecular flexibility index (Phi) is 3.83. The van der Waals surface area contributed by atoms with Crippen molar-refractivity contribution in [1.29, 1.82) is 0 Å². The second kappa shape index (κ2) is 5.75. The molecule has 3 aromatic rings. The fourth-order valence-corrected chi connectivity index (χ4v) is 3.21. The molecule has 2 aromatic carbocycles. The number of hydrogen-bond acceptors (Lipinski definition) is 3. The maximum atomic E-state index is 6.04. The van der Waals surface area contributed by atoms with Gasteiger partial charge in [0.2, 0.25) is 0 Å². The summed E-state index contributed by atoms with van der Waals surface area (Å²) in [5.41, 5.74) is 8.94. The van der Waals surface area contributed by atoms with Gasteiger partial charge < -0.3 is 5.73 Å². The number of benzene rings is 2. The van der Waals surface area contributed by atoms with E-state index in [2.05, 4.69) is 12.1 Å². The molecule has 0 saturated carbocycles. The molecule has 2 N–H and O–H groups in total. The second-order valence-electron chi connectivity index (χ2n) is 4.37. The van der Waals surface area contributed by atoms with Gasteiger partial charge in [-0.15, -0.1) is 11.3 Å². The molecular formula is C16H13ClN2S. The summed E-state index contributed by atoms with van der Waals surface area (Å²) >= 11 is 7.67. The van der Waals surface area contributed by atoms with E-state index in [1.807, 2.05) is 42.5 Å². The summed E-state index contributed by atoms with van der Waals surface area (Å²) in [6.07, 6.45) is 0. The summed E-state index contributed by atoms with van der Waals surface area (Å²) in [5.74, 6) is 0. The first-order valence-corrected chi connectivity index (χ1v) is 7.48. The number of nitrogens with two attached hydrogens (primary N) is 1. The summed E-state index contributed by atoms with van der Waals surface area (Å²) in [7, 11) is 0. The van der Waals surface area contributed by atoms with Crippen molar-refractivity contribution in [3.8, 4) is 21.8 Å². The molecule has 0 aliphatic rings. The van der Waals surface area contributed by atoms with Gasteiger partial charge in [0.1, 0.15) is 5.01 Å². The van der Waals surface area contributed by atoms with Crippen LogP contribution in [0.15, 0.2) is 54.6 Å². The van der Waals surface area contributed by atoms with Crippen LogP contribution >= 0.6 is 22.9 Å². The van der Waals surface area contributed by atoms with Crippen LogP contribution in [0, 0.1) is 0 Å². The molecular weight excluding hydrogens is 288 g/mol. The van der Waals surface area contributed by atoms with E-state index < -0.39 is 0 Å². The Bertz CT molecular complexity index is 722. The largest absolute Gasteiger partial charge is 0.326 e. The van der Waals surface area contributed by atoms with Gasteiger partial charge in [0.25, 0.3) is 0 Å². The van der Waals surface area contributed by atoms with Crippen molar-refractivity contribution in [2.45, 2.75) is 6.54 Å². The number of thiazole rings is 1. The quantitative estimate of drug-likeness (QED) is 0.768. The molecule has 1 aromatic heterocycles. The molecule has 0 unspecified atom stereocenters. The highest BCUT2D eigenvalue weighted by Crippen LogP contribution is 2.34. The van der Waals surface area contributed by atoms with Crippen molar-refractivity contribution in [2.75, 3.05) is 0 Å². The van der Waals surface area contributed by atoms with E-state index in [4.69, 9.17) is 22.3 Å². The highest BCUT2D eigenvalue weighted by atomic mass is 35.5. The Hall–Kier alpha value is -1.68. The van der Waals surface area contributed by atoms with Crippen LogP contribution in [-0.4, -0.2) is 4.98 Å². The SMILES string of the molecule is NCc1sc(-c2cccc(Cl)c2)nc1-c1ccccc1. The second-order valence-corrected chi connectivity index (χ2v) is 5.89. The Labute approximate surface area is 126 Å². The molecule has 0 fully saturated rings. The minimum absolute atomic E-state index is 0.489. The van der Waals surface area contributed by atoms with Crippen molar-refractivity contribution >= 4 is 22.9 Å². The Morgan fingerprint density at radius 2 is 1.75 bits per heavy atom. The maximum Gasteiger partial charge on any atom is 0.124 e. The zero-order chi connectivity index (χ0) is 13.9. The van der Waals surface area contributed by atoms with Gasteiger partial charge in [-0.1, -0.05) is 54.1 Å². The summed E-state index contributed by atoms with van der Waals surface area (Å²) in [4.78, 5) is 5.83. The van der Waals surface area contributed by atoms with Crippen LogP contribution < -0.4 is 5.73 Å². The number of nitrogens with zero attached hydrogens (tertiary/aromatic N) is 1. The topological polar surface area (TPSA) is 38.9 Å². The molecule has 4 heteroatoms. The predicted molar refractivity (Wildman–Crippen MR) is 85.9 cm³/mol. The van der Waals surface area contributed by atoms with E-state index in [9.17, 15) is 0 Å². The Morgan fingerprint density at radius 3 is 2.45 bits per heavy atom. The third-order valence-corrected chi connectivity index (χ3v) is 4.36. The summed E-state index contributed by atoms with van der Waals surface area (Å²) in [5, 5.41) is 1.67. The van der Waals surface area contributed by atoms with Gasteiger partial charge in [-0.25, -0.2) is 4.98 Å². The third-order valence-electron chi connectivity index (χ3n) is 3.00. The normalized spacial score (nSPS) is 10.7. The van der Waals surface area contributed by atoms with Gasteiger partial charge in [0.05, 0.1) is 5.69 Å². The minimum atomic E-state index is 0.489. The summed E-state index contributed by atoms with van der Waals surface area (Å²) < 4.78 is 0. The molecule has 2 nitrogen and oxygen atoms in total. The smallest absolute Gasteiger partial charge is 0.124 e. The van der Waals surface area contributed by atoms with Crippen molar-refractivity contribution in [1.82, 2.24) is 4.98 Å². The van der Waals surface area contributed by atoms with E-state index >= 15 is 0 Å². The molecule has 3 rings (SSSR count). The van der Waals surface area contributed by atoms with E-state index in [-0.39, 0.29) is 0 Å². The van der Waals surface area contributed by atoms with E-state index in [1.165, 1.54) is 0 Å². The van der Waals surface area contributed by atoms with Gasteiger partial charge >= 0.3 is 0 Å². The lowest BCUT2D eigenvalue weighted by atomic mass is 10.1. The average Bonchev–Trinajstić information content (AvgIpc) is 2.92. The molecule has 100 valence electrons. The first-order chi connectivity index (χ1) is 9.78. The minimum Gasteiger partial charge on any atom is -0.326 e. The van der Waals surface area contributed by atoms with Gasteiger partial charge in [-0.05, 0) is 12.1 Å². The van der Waals surface area contributed by atoms with Crippen LogP contribution in [0.5, 0.6) is 0 Å². The highest BCUT2D eigenvalue weighted by Gasteiger charge is 2.13. The Balaban J connectivity index is 2.10. The van der Waals surface area contributed by atoms with Crippen LogP contribution in [0.2, 0.25) is 5.02 Å². The lowest BCUT2D eigenvalue weighted by Crippen LogP contribution is -1.95. The number of aromatic nitrogens is 1. The van der Waals surface area contributed by atoms with Gasteiger partial charge in [0, 0.05) is 27.6 Å². The van der Waals surface area contributed by atoms with Crippen molar-refractivity contribution in [3.05, 3.63) is 64.5 Å². The van der Waals surface area contributed by atoms with Crippen molar-refractivity contribution < 1.29 is 0 Å².